The van der Waals surface area contributed by atoms with E-state index >= 15 is 0 Å². The average molecular weight is 287 g/mol. The number of carbonyl (C=O) groups is 1. The van der Waals surface area contributed by atoms with E-state index in [0.29, 0.717) is 23.1 Å². The minimum atomic E-state index is -0.635. The van der Waals surface area contributed by atoms with Crippen molar-refractivity contribution in [3.8, 4) is 0 Å². The quantitative estimate of drug-likeness (QED) is 0.837. The van der Waals surface area contributed by atoms with Gasteiger partial charge in [-0.15, -0.1) is 0 Å². The Morgan fingerprint density at radius 2 is 2.11 bits per heavy atom. The molecule has 1 aromatic rings. The molecule has 0 spiro atoms. The molecule has 1 aliphatic rings. The van der Waals surface area contributed by atoms with E-state index in [-0.39, 0.29) is 5.78 Å². The van der Waals surface area contributed by atoms with Gasteiger partial charge >= 0.3 is 0 Å². The molecule has 1 fully saturated rings. The smallest absolute Gasteiger partial charge is 0.168 e. The molecule has 2 rings (SSSR count). The summed E-state index contributed by atoms with van der Waals surface area (Å²) in [6.45, 7) is 2.55. The van der Waals surface area contributed by atoms with E-state index in [9.17, 15) is 4.79 Å². The van der Waals surface area contributed by atoms with Crippen molar-refractivity contribution in [3.05, 3.63) is 33.8 Å². The molecule has 0 aromatic heterocycles. The third-order valence-electron chi connectivity index (χ3n) is 3.41. The van der Waals surface area contributed by atoms with Crippen LogP contribution in [0.5, 0.6) is 0 Å². The molecule has 0 saturated carbocycles. The summed E-state index contributed by atoms with van der Waals surface area (Å²) in [6.07, 6.45) is 3.22. The standard InChI is InChI=1S/C14H16Cl2O2/c1-14(6-2-3-7-18-14)13(17)9-10-4-5-11(15)12(16)8-10/h4-5,8H,2-3,6-7,9H2,1H3. The first kappa shape index (κ1) is 13.9. The molecule has 1 atom stereocenters. The number of benzene rings is 1. The zero-order valence-corrected chi connectivity index (χ0v) is 11.9. The lowest BCUT2D eigenvalue weighted by Gasteiger charge is -2.32. The molecule has 0 bridgehead atoms. The topological polar surface area (TPSA) is 26.3 Å². The van der Waals surface area contributed by atoms with Crippen LogP contribution in [0.2, 0.25) is 10.0 Å². The molecule has 0 amide bonds. The van der Waals surface area contributed by atoms with Crippen LogP contribution in [0.4, 0.5) is 0 Å². The van der Waals surface area contributed by atoms with E-state index in [1.807, 2.05) is 13.0 Å². The fourth-order valence-electron chi connectivity index (χ4n) is 2.18. The van der Waals surface area contributed by atoms with Gasteiger partial charge in [0, 0.05) is 13.0 Å². The first-order valence-electron chi connectivity index (χ1n) is 6.12. The SMILES string of the molecule is CC1(C(=O)Cc2ccc(Cl)c(Cl)c2)CCCCO1. The Kier molecular flexibility index (Phi) is 4.31. The molecule has 98 valence electrons. The van der Waals surface area contributed by atoms with Gasteiger partial charge in [-0.2, -0.15) is 0 Å². The van der Waals surface area contributed by atoms with Gasteiger partial charge in [-0.05, 0) is 43.9 Å². The van der Waals surface area contributed by atoms with E-state index < -0.39 is 5.60 Å². The molecule has 1 aromatic carbocycles. The number of halogens is 2. The third kappa shape index (κ3) is 3.05. The highest BCUT2D eigenvalue weighted by atomic mass is 35.5. The molecule has 1 unspecified atom stereocenters. The second kappa shape index (κ2) is 5.60. The lowest BCUT2D eigenvalue weighted by Crippen LogP contribution is -2.42. The van der Waals surface area contributed by atoms with Crippen LogP contribution in [0.3, 0.4) is 0 Å². The first-order valence-corrected chi connectivity index (χ1v) is 6.88. The average Bonchev–Trinajstić information content (AvgIpc) is 2.35. The van der Waals surface area contributed by atoms with Crippen molar-refractivity contribution in [1.82, 2.24) is 0 Å². The number of Topliss-reactive ketones (excluding diaryl/α,β-unsaturated/α-hetero) is 1. The van der Waals surface area contributed by atoms with Crippen molar-refractivity contribution in [2.75, 3.05) is 6.61 Å². The van der Waals surface area contributed by atoms with Crippen molar-refractivity contribution >= 4 is 29.0 Å². The number of carbonyl (C=O) groups excluding carboxylic acids is 1. The van der Waals surface area contributed by atoms with E-state index in [4.69, 9.17) is 27.9 Å². The van der Waals surface area contributed by atoms with E-state index in [1.54, 1.807) is 12.1 Å². The molecular formula is C14H16Cl2O2. The minimum absolute atomic E-state index is 0.112. The Morgan fingerprint density at radius 3 is 2.72 bits per heavy atom. The molecule has 18 heavy (non-hydrogen) atoms. The summed E-state index contributed by atoms with van der Waals surface area (Å²) in [7, 11) is 0. The molecule has 1 heterocycles. The lowest BCUT2D eigenvalue weighted by atomic mass is 9.88. The van der Waals surface area contributed by atoms with E-state index in [2.05, 4.69) is 0 Å². The van der Waals surface area contributed by atoms with E-state index in [1.165, 1.54) is 0 Å². The summed E-state index contributed by atoms with van der Waals surface area (Å²) in [5, 5.41) is 0.990. The molecule has 0 aliphatic carbocycles. The normalized spacial score (nSPS) is 23.9. The van der Waals surface area contributed by atoms with Crippen molar-refractivity contribution in [3.63, 3.8) is 0 Å². The maximum atomic E-state index is 12.3. The zero-order chi connectivity index (χ0) is 13.2. The molecular weight excluding hydrogens is 271 g/mol. The number of hydrogen-bond acceptors (Lipinski definition) is 2. The van der Waals surface area contributed by atoms with Crippen LogP contribution < -0.4 is 0 Å². The van der Waals surface area contributed by atoms with Crippen LogP contribution in [0, 0.1) is 0 Å². The largest absolute Gasteiger partial charge is 0.367 e. The highest BCUT2D eigenvalue weighted by Gasteiger charge is 2.35. The van der Waals surface area contributed by atoms with Gasteiger partial charge in [-0.1, -0.05) is 29.3 Å². The van der Waals surface area contributed by atoms with E-state index in [0.717, 1.165) is 24.8 Å². The fraction of sp³-hybridized carbons (Fsp3) is 0.500. The van der Waals surface area contributed by atoms with Gasteiger partial charge in [0.15, 0.2) is 5.78 Å². The van der Waals surface area contributed by atoms with Gasteiger partial charge in [0.1, 0.15) is 5.60 Å². The Labute approximate surface area is 117 Å². The van der Waals surface area contributed by atoms with Crippen molar-refractivity contribution in [2.45, 2.75) is 38.2 Å². The van der Waals surface area contributed by atoms with Crippen LogP contribution in [0.15, 0.2) is 18.2 Å². The molecule has 4 heteroatoms. The number of hydrogen-bond donors (Lipinski definition) is 0. The maximum Gasteiger partial charge on any atom is 0.168 e. The highest BCUT2D eigenvalue weighted by Crippen LogP contribution is 2.28. The Hall–Kier alpha value is -0.570. The van der Waals surface area contributed by atoms with Crippen LogP contribution in [0.1, 0.15) is 31.7 Å². The second-order valence-corrected chi connectivity index (χ2v) is 5.70. The summed E-state index contributed by atoms with van der Waals surface area (Å²) in [5.74, 6) is 0.112. The van der Waals surface area contributed by atoms with Crippen LogP contribution >= 0.6 is 23.2 Å². The summed E-state index contributed by atoms with van der Waals surface area (Å²) < 4.78 is 5.64. The molecule has 1 aliphatic heterocycles. The third-order valence-corrected chi connectivity index (χ3v) is 4.15. The van der Waals surface area contributed by atoms with Crippen LogP contribution in [-0.4, -0.2) is 18.0 Å². The molecule has 2 nitrogen and oxygen atoms in total. The van der Waals surface area contributed by atoms with Crippen molar-refractivity contribution < 1.29 is 9.53 Å². The van der Waals surface area contributed by atoms with Gasteiger partial charge in [0.05, 0.1) is 10.0 Å². The summed E-state index contributed by atoms with van der Waals surface area (Å²) in [4.78, 5) is 12.3. The number of rotatable bonds is 3. The summed E-state index contributed by atoms with van der Waals surface area (Å²) >= 11 is 11.8. The zero-order valence-electron chi connectivity index (χ0n) is 10.3. The predicted molar refractivity (Wildman–Crippen MR) is 73.4 cm³/mol. The fourth-order valence-corrected chi connectivity index (χ4v) is 2.50. The monoisotopic (exact) mass is 286 g/mol. The Morgan fingerprint density at radius 1 is 1.33 bits per heavy atom. The first-order chi connectivity index (χ1) is 8.51. The summed E-state index contributed by atoms with van der Waals surface area (Å²) in [5.41, 5.74) is 0.245. The molecule has 1 saturated heterocycles. The van der Waals surface area contributed by atoms with Gasteiger partial charge in [-0.3, -0.25) is 4.79 Å². The van der Waals surface area contributed by atoms with Crippen molar-refractivity contribution in [1.29, 1.82) is 0 Å². The summed E-state index contributed by atoms with van der Waals surface area (Å²) in [6, 6.07) is 5.29. The highest BCUT2D eigenvalue weighted by molar-refractivity contribution is 6.42. The van der Waals surface area contributed by atoms with Crippen LogP contribution in [-0.2, 0) is 16.0 Å². The van der Waals surface area contributed by atoms with Gasteiger partial charge in [0.2, 0.25) is 0 Å². The molecule has 0 N–H and O–H groups in total. The second-order valence-electron chi connectivity index (χ2n) is 4.88. The number of ketones is 1. The van der Waals surface area contributed by atoms with Crippen LogP contribution in [0.25, 0.3) is 0 Å². The Bertz CT molecular complexity index is 451. The lowest BCUT2D eigenvalue weighted by molar-refractivity contribution is -0.147. The molecule has 0 radical (unpaired) electrons. The van der Waals surface area contributed by atoms with Gasteiger partial charge in [-0.25, -0.2) is 0 Å². The Balaban J connectivity index is 2.08. The minimum Gasteiger partial charge on any atom is -0.367 e. The van der Waals surface area contributed by atoms with Gasteiger partial charge < -0.3 is 4.74 Å². The number of ether oxygens (including phenoxy) is 1. The predicted octanol–water partition coefficient (Wildman–Crippen LogP) is 4.06. The van der Waals surface area contributed by atoms with Crippen molar-refractivity contribution in [2.24, 2.45) is 0 Å². The van der Waals surface area contributed by atoms with Gasteiger partial charge in [0.25, 0.3) is 0 Å². The maximum absolute atomic E-state index is 12.3.